The fraction of sp³-hybridized carbons (Fsp3) is 0.375. The molecule has 5 nitrogen and oxygen atoms in total. The molecule has 1 saturated heterocycles. The molecule has 0 amide bonds. The molecule has 0 saturated carbocycles. The fourth-order valence-electron chi connectivity index (χ4n) is 1.47. The summed E-state index contributed by atoms with van der Waals surface area (Å²) < 4.78 is 7.94. The third kappa shape index (κ3) is 1.51. The quantitative estimate of drug-likeness (QED) is 0.748. The number of rotatable bonds is 1. The number of fused-ring (bicyclic) bond motifs is 1. The molecule has 1 atom stereocenters. The first kappa shape index (κ1) is 9.73. The van der Waals surface area contributed by atoms with Gasteiger partial charge in [-0.05, 0) is 22.6 Å². The molecule has 1 fully saturated rings. The second-order valence-corrected chi connectivity index (χ2v) is 4.62. The molecule has 0 radical (unpaired) electrons. The van der Waals surface area contributed by atoms with Crippen molar-refractivity contribution in [3.05, 3.63) is 15.1 Å². The summed E-state index contributed by atoms with van der Waals surface area (Å²) in [5, 5.41) is 4.72. The summed E-state index contributed by atoms with van der Waals surface area (Å²) in [6, 6.07) is 0. The van der Waals surface area contributed by atoms with Gasteiger partial charge in [0.2, 0.25) is 0 Å². The van der Waals surface area contributed by atoms with Crippen molar-refractivity contribution in [2.45, 2.75) is 12.6 Å². The van der Waals surface area contributed by atoms with Crippen LogP contribution in [0.4, 0.5) is 0 Å². The van der Waals surface area contributed by atoms with Crippen molar-refractivity contribution in [3.8, 4) is 0 Å². The van der Waals surface area contributed by atoms with Gasteiger partial charge in [-0.15, -0.1) is 0 Å². The molecular weight excluding hydrogens is 330 g/mol. The maximum atomic E-state index is 5.81. The number of aromatic nitrogens is 4. The lowest BCUT2D eigenvalue weighted by molar-refractivity contribution is -0.104. The van der Waals surface area contributed by atoms with Crippen LogP contribution in [-0.2, 0) is 4.74 Å². The number of nitrogens with zero attached hydrogens (tertiary/aromatic N) is 4. The van der Waals surface area contributed by atoms with E-state index in [2.05, 4.69) is 37.7 Å². The van der Waals surface area contributed by atoms with Gasteiger partial charge in [0.15, 0.2) is 15.6 Å². The highest BCUT2D eigenvalue weighted by Gasteiger charge is 2.25. The Balaban J connectivity index is 2.24. The third-order valence-electron chi connectivity index (χ3n) is 2.28. The Kier molecular flexibility index (Phi) is 2.29. The SMILES string of the molecule is Clc1cnc2c(I)nn(C3CCO3)c2n1. The first-order valence-corrected chi connectivity index (χ1v) is 5.89. The van der Waals surface area contributed by atoms with Crippen molar-refractivity contribution in [2.75, 3.05) is 6.61 Å². The summed E-state index contributed by atoms with van der Waals surface area (Å²) in [6.07, 6.45) is 2.48. The molecule has 2 aromatic heterocycles. The van der Waals surface area contributed by atoms with Crippen LogP contribution in [0.2, 0.25) is 5.15 Å². The van der Waals surface area contributed by atoms with Gasteiger partial charge in [0, 0.05) is 6.42 Å². The Labute approximate surface area is 104 Å². The maximum Gasteiger partial charge on any atom is 0.181 e. The summed E-state index contributed by atoms with van der Waals surface area (Å²) in [7, 11) is 0. The molecule has 0 spiro atoms. The van der Waals surface area contributed by atoms with Gasteiger partial charge in [-0.3, -0.25) is 0 Å². The Morgan fingerprint density at radius 1 is 1.60 bits per heavy atom. The van der Waals surface area contributed by atoms with E-state index < -0.39 is 0 Å². The van der Waals surface area contributed by atoms with E-state index in [1.54, 1.807) is 4.68 Å². The molecular formula is C8H6ClIN4O. The van der Waals surface area contributed by atoms with Gasteiger partial charge in [0.05, 0.1) is 12.8 Å². The Morgan fingerprint density at radius 3 is 3.07 bits per heavy atom. The minimum Gasteiger partial charge on any atom is -0.356 e. The third-order valence-corrected chi connectivity index (χ3v) is 3.19. The fourth-order valence-corrected chi connectivity index (χ4v) is 2.21. The van der Waals surface area contributed by atoms with E-state index in [-0.39, 0.29) is 6.23 Å². The Hall–Kier alpha value is -0.470. The molecule has 15 heavy (non-hydrogen) atoms. The zero-order valence-corrected chi connectivity index (χ0v) is 10.4. The van der Waals surface area contributed by atoms with Crippen LogP contribution in [0, 0.1) is 3.70 Å². The van der Waals surface area contributed by atoms with Gasteiger partial charge in [-0.1, -0.05) is 11.6 Å². The molecule has 1 aliphatic rings. The van der Waals surface area contributed by atoms with Gasteiger partial charge in [0.25, 0.3) is 0 Å². The number of ether oxygens (including phenoxy) is 1. The average molecular weight is 337 g/mol. The molecule has 0 bridgehead atoms. The van der Waals surface area contributed by atoms with Crippen LogP contribution in [-0.4, -0.2) is 26.4 Å². The van der Waals surface area contributed by atoms with Gasteiger partial charge >= 0.3 is 0 Å². The van der Waals surface area contributed by atoms with Crippen molar-refractivity contribution in [1.82, 2.24) is 19.7 Å². The minimum absolute atomic E-state index is 0.0104. The normalized spacial score (nSPS) is 20.5. The average Bonchev–Trinajstić information content (AvgIpc) is 2.41. The monoisotopic (exact) mass is 336 g/mol. The van der Waals surface area contributed by atoms with E-state index in [4.69, 9.17) is 16.3 Å². The zero-order valence-electron chi connectivity index (χ0n) is 7.52. The second kappa shape index (κ2) is 3.53. The molecule has 0 N–H and O–H groups in total. The van der Waals surface area contributed by atoms with E-state index >= 15 is 0 Å². The molecule has 7 heteroatoms. The molecule has 2 aromatic rings. The lowest BCUT2D eigenvalue weighted by Gasteiger charge is -2.26. The van der Waals surface area contributed by atoms with Crippen molar-refractivity contribution in [1.29, 1.82) is 0 Å². The summed E-state index contributed by atoms with van der Waals surface area (Å²) >= 11 is 7.94. The first-order chi connectivity index (χ1) is 7.25. The summed E-state index contributed by atoms with van der Waals surface area (Å²) in [6.45, 7) is 0.774. The van der Waals surface area contributed by atoms with Crippen molar-refractivity contribution in [2.24, 2.45) is 0 Å². The highest BCUT2D eigenvalue weighted by atomic mass is 127. The summed E-state index contributed by atoms with van der Waals surface area (Å²) in [5.41, 5.74) is 1.46. The zero-order chi connectivity index (χ0) is 10.4. The molecule has 1 aliphatic heterocycles. The lowest BCUT2D eigenvalue weighted by atomic mass is 10.3. The minimum atomic E-state index is -0.0104. The number of hydrogen-bond donors (Lipinski definition) is 0. The Bertz CT molecular complexity index is 525. The van der Waals surface area contributed by atoms with E-state index in [1.165, 1.54) is 6.20 Å². The van der Waals surface area contributed by atoms with Gasteiger partial charge in [-0.2, -0.15) is 5.10 Å². The van der Waals surface area contributed by atoms with Crippen LogP contribution < -0.4 is 0 Å². The van der Waals surface area contributed by atoms with Crippen LogP contribution in [0.15, 0.2) is 6.20 Å². The molecule has 1 unspecified atom stereocenters. The van der Waals surface area contributed by atoms with E-state index in [9.17, 15) is 0 Å². The van der Waals surface area contributed by atoms with Crippen molar-refractivity contribution >= 4 is 45.4 Å². The highest BCUT2D eigenvalue weighted by molar-refractivity contribution is 14.1. The molecule has 3 rings (SSSR count). The molecule has 3 heterocycles. The van der Waals surface area contributed by atoms with Crippen molar-refractivity contribution in [3.63, 3.8) is 0 Å². The number of halogens is 2. The van der Waals surface area contributed by atoms with E-state index in [0.29, 0.717) is 10.8 Å². The Morgan fingerprint density at radius 2 is 2.40 bits per heavy atom. The van der Waals surface area contributed by atoms with Crippen LogP contribution >= 0.6 is 34.2 Å². The maximum absolute atomic E-state index is 5.81. The highest BCUT2D eigenvalue weighted by Crippen LogP contribution is 2.28. The molecule has 0 aromatic carbocycles. The van der Waals surface area contributed by atoms with Crippen LogP contribution in [0.5, 0.6) is 0 Å². The molecule has 0 aliphatic carbocycles. The first-order valence-electron chi connectivity index (χ1n) is 4.43. The predicted molar refractivity (Wildman–Crippen MR) is 62.7 cm³/mol. The summed E-state index contributed by atoms with van der Waals surface area (Å²) in [4.78, 5) is 8.42. The van der Waals surface area contributed by atoms with E-state index in [1.807, 2.05) is 0 Å². The standard InChI is InChI=1S/C8H6ClIN4O/c9-4-3-11-6-7(10)13-14(8(6)12-4)5-1-2-15-5/h3,5H,1-2H2. The predicted octanol–water partition coefficient (Wildman–Crippen LogP) is 2.00. The number of hydrogen-bond acceptors (Lipinski definition) is 4. The second-order valence-electron chi connectivity index (χ2n) is 3.21. The summed E-state index contributed by atoms with van der Waals surface area (Å²) in [5.74, 6) is 0. The van der Waals surface area contributed by atoms with Gasteiger partial charge < -0.3 is 4.74 Å². The van der Waals surface area contributed by atoms with Crippen LogP contribution in [0.3, 0.4) is 0 Å². The van der Waals surface area contributed by atoms with Crippen LogP contribution in [0.1, 0.15) is 12.6 Å². The van der Waals surface area contributed by atoms with Gasteiger partial charge in [-0.25, -0.2) is 14.6 Å². The lowest BCUT2D eigenvalue weighted by Crippen LogP contribution is -2.25. The van der Waals surface area contributed by atoms with Crippen LogP contribution in [0.25, 0.3) is 11.2 Å². The molecule has 78 valence electrons. The van der Waals surface area contributed by atoms with Gasteiger partial charge in [0.1, 0.15) is 10.7 Å². The topological polar surface area (TPSA) is 52.8 Å². The van der Waals surface area contributed by atoms with E-state index in [0.717, 1.165) is 22.2 Å². The van der Waals surface area contributed by atoms with Crippen molar-refractivity contribution < 1.29 is 4.74 Å². The smallest absolute Gasteiger partial charge is 0.181 e. The largest absolute Gasteiger partial charge is 0.356 e.